The van der Waals surface area contributed by atoms with Crippen molar-refractivity contribution in [2.75, 3.05) is 12.8 Å². The normalized spacial score (nSPS) is 10.9. The number of rotatable bonds is 5. The molecule has 0 aliphatic rings. The monoisotopic (exact) mass is 318 g/mol. The zero-order valence-electron chi connectivity index (χ0n) is 11.4. The van der Waals surface area contributed by atoms with Crippen molar-refractivity contribution < 1.29 is 4.79 Å². The van der Waals surface area contributed by atoms with Gasteiger partial charge in [0.05, 0.1) is 22.5 Å². The number of imidazole rings is 1. The summed E-state index contributed by atoms with van der Waals surface area (Å²) in [5.74, 6) is 1.24. The van der Waals surface area contributed by atoms with E-state index in [0.29, 0.717) is 12.3 Å². The Morgan fingerprint density at radius 2 is 2.29 bits per heavy atom. The Morgan fingerprint density at radius 1 is 1.43 bits per heavy atom. The van der Waals surface area contributed by atoms with Crippen LogP contribution in [0.4, 0.5) is 0 Å². The van der Waals surface area contributed by atoms with Gasteiger partial charge in [-0.25, -0.2) is 9.97 Å². The maximum atomic E-state index is 12.1. The molecule has 1 N–H and O–H groups in total. The largest absolute Gasteiger partial charge is 0.347 e. The van der Waals surface area contributed by atoms with Gasteiger partial charge in [0.2, 0.25) is 5.91 Å². The summed E-state index contributed by atoms with van der Waals surface area (Å²) in [5.41, 5.74) is 0.987. The lowest BCUT2D eigenvalue weighted by atomic mass is 10.3. The third-order valence-corrected chi connectivity index (χ3v) is 5.13. The van der Waals surface area contributed by atoms with Crippen LogP contribution in [-0.4, -0.2) is 38.6 Å². The van der Waals surface area contributed by atoms with Crippen LogP contribution in [0.1, 0.15) is 5.82 Å². The molecule has 0 radical (unpaired) electrons. The number of fused-ring (bicyclic) bond motifs is 1. The first-order valence-electron chi connectivity index (χ1n) is 6.43. The topological polar surface area (TPSA) is 61.9 Å². The predicted molar refractivity (Wildman–Crippen MR) is 85.4 cm³/mol. The molecule has 21 heavy (non-hydrogen) atoms. The third-order valence-electron chi connectivity index (χ3n) is 2.96. The minimum absolute atomic E-state index is 0.0654. The van der Waals surface area contributed by atoms with Crippen LogP contribution in [0.3, 0.4) is 0 Å². The van der Waals surface area contributed by atoms with Crippen LogP contribution in [0.15, 0.2) is 41.0 Å². The number of carbonyl (C=O) groups is 1. The van der Waals surface area contributed by atoms with Crippen molar-refractivity contribution in [3.05, 3.63) is 42.5 Å². The fourth-order valence-electron chi connectivity index (χ4n) is 1.84. The molecule has 0 spiro atoms. The molecule has 3 aromatic rings. The first-order chi connectivity index (χ1) is 10.2. The highest BCUT2D eigenvalue weighted by Crippen LogP contribution is 2.29. The molecular formula is C14H14N4OS2. The molecule has 0 aliphatic carbocycles. The number of aromatic nitrogens is 3. The number of para-hydroxylation sites is 1. The molecule has 5 nitrogen and oxygen atoms in total. The zero-order chi connectivity index (χ0) is 14.7. The highest BCUT2D eigenvalue weighted by atomic mass is 32.2. The molecule has 108 valence electrons. The SMILES string of the molecule is CN(Cc1ncc[nH]1)C(=O)CSc1nc2ccccc2s1. The van der Waals surface area contributed by atoms with Crippen LogP contribution < -0.4 is 0 Å². The Morgan fingerprint density at radius 3 is 3.05 bits per heavy atom. The van der Waals surface area contributed by atoms with Crippen LogP contribution in [0.5, 0.6) is 0 Å². The lowest BCUT2D eigenvalue weighted by Crippen LogP contribution is -2.28. The van der Waals surface area contributed by atoms with Gasteiger partial charge in [0, 0.05) is 19.4 Å². The lowest BCUT2D eigenvalue weighted by molar-refractivity contribution is -0.127. The summed E-state index contributed by atoms with van der Waals surface area (Å²) in [7, 11) is 1.78. The van der Waals surface area contributed by atoms with Gasteiger partial charge in [-0.2, -0.15) is 0 Å². The lowest BCUT2D eigenvalue weighted by Gasteiger charge is -2.14. The average molecular weight is 318 g/mol. The number of hydrogen-bond acceptors (Lipinski definition) is 5. The van der Waals surface area contributed by atoms with Crippen molar-refractivity contribution in [2.24, 2.45) is 0 Å². The van der Waals surface area contributed by atoms with Gasteiger partial charge in [0.25, 0.3) is 0 Å². The molecule has 2 aromatic heterocycles. The Balaban J connectivity index is 1.57. The van der Waals surface area contributed by atoms with Gasteiger partial charge in [0.1, 0.15) is 5.82 Å². The molecule has 7 heteroatoms. The molecule has 0 saturated carbocycles. The molecule has 3 rings (SSSR count). The summed E-state index contributed by atoms with van der Waals surface area (Å²) in [5, 5.41) is 0. The number of hydrogen-bond donors (Lipinski definition) is 1. The highest BCUT2D eigenvalue weighted by Gasteiger charge is 2.12. The quantitative estimate of drug-likeness (QED) is 0.735. The molecule has 1 amide bonds. The van der Waals surface area contributed by atoms with Crippen LogP contribution >= 0.6 is 23.1 Å². The van der Waals surface area contributed by atoms with Crippen molar-refractivity contribution >= 4 is 39.2 Å². The number of carbonyl (C=O) groups excluding carboxylic acids is 1. The van der Waals surface area contributed by atoms with E-state index in [0.717, 1.165) is 20.4 Å². The van der Waals surface area contributed by atoms with E-state index in [1.807, 2.05) is 24.3 Å². The van der Waals surface area contributed by atoms with E-state index in [9.17, 15) is 4.79 Å². The van der Waals surface area contributed by atoms with Gasteiger partial charge in [-0.1, -0.05) is 23.9 Å². The standard InChI is InChI=1S/C14H14N4OS2/c1-18(8-12-15-6-7-16-12)13(19)9-20-14-17-10-4-2-3-5-11(10)21-14/h2-7H,8-9H2,1H3,(H,15,16). The zero-order valence-corrected chi connectivity index (χ0v) is 13.1. The van der Waals surface area contributed by atoms with Gasteiger partial charge in [-0.15, -0.1) is 11.3 Å². The summed E-state index contributed by atoms with van der Waals surface area (Å²) in [6, 6.07) is 8.00. The molecule has 0 atom stereocenters. The molecule has 0 unspecified atom stereocenters. The second-order valence-corrected chi connectivity index (χ2v) is 6.77. The van der Waals surface area contributed by atoms with Crippen LogP contribution in [0, 0.1) is 0 Å². The Hall–Kier alpha value is -1.86. The van der Waals surface area contributed by atoms with E-state index in [2.05, 4.69) is 15.0 Å². The summed E-state index contributed by atoms with van der Waals surface area (Å²) in [6.45, 7) is 0.492. The summed E-state index contributed by atoms with van der Waals surface area (Å²) in [6.07, 6.45) is 3.44. The maximum absolute atomic E-state index is 12.1. The second kappa shape index (κ2) is 6.28. The summed E-state index contributed by atoms with van der Waals surface area (Å²) < 4.78 is 2.08. The molecule has 0 aliphatic heterocycles. The Labute approximate surface area is 130 Å². The van der Waals surface area contributed by atoms with E-state index < -0.39 is 0 Å². The minimum atomic E-state index is 0.0654. The number of aromatic amines is 1. The third kappa shape index (κ3) is 3.43. The predicted octanol–water partition coefficient (Wildman–Crippen LogP) is 2.77. The van der Waals surface area contributed by atoms with Crippen molar-refractivity contribution in [1.82, 2.24) is 19.9 Å². The summed E-state index contributed by atoms with van der Waals surface area (Å²) >= 11 is 3.10. The van der Waals surface area contributed by atoms with Crippen LogP contribution in [0.2, 0.25) is 0 Å². The van der Waals surface area contributed by atoms with Gasteiger partial charge in [-0.3, -0.25) is 4.79 Å². The van der Waals surface area contributed by atoms with Crippen molar-refractivity contribution in [3.8, 4) is 0 Å². The van der Waals surface area contributed by atoms with E-state index >= 15 is 0 Å². The first kappa shape index (κ1) is 14.1. The second-order valence-electron chi connectivity index (χ2n) is 4.52. The fraction of sp³-hybridized carbons (Fsp3) is 0.214. The molecule has 0 bridgehead atoms. The molecule has 0 fully saturated rings. The van der Waals surface area contributed by atoms with Crippen molar-refractivity contribution in [2.45, 2.75) is 10.9 Å². The summed E-state index contributed by atoms with van der Waals surface area (Å²) in [4.78, 5) is 25.4. The van der Waals surface area contributed by atoms with Crippen LogP contribution in [-0.2, 0) is 11.3 Å². The number of thiazole rings is 1. The van der Waals surface area contributed by atoms with E-state index in [1.165, 1.54) is 11.8 Å². The number of thioether (sulfide) groups is 1. The van der Waals surface area contributed by atoms with Gasteiger partial charge < -0.3 is 9.88 Å². The Kier molecular flexibility index (Phi) is 4.21. The van der Waals surface area contributed by atoms with E-state index in [4.69, 9.17) is 0 Å². The average Bonchev–Trinajstić information content (AvgIpc) is 3.13. The van der Waals surface area contributed by atoms with Crippen LogP contribution in [0.25, 0.3) is 10.2 Å². The minimum Gasteiger partial charge on any atom is -0.347 e. The maximum Gasteiger partial charge on any atom is 0.233 e. The number of nitrogens with zero attached hydrogens (tertiary/aromatic N) is 3. The molecular weight excluding hydrogens is 304 g/mol. The van der Waals surface area contributed by atoms with E-state index in [-0.39, 0.29) is 5.91 Å². The van der Waals surface area contributed by atoms with E-state index in [1.54, 1.807) is 35.7 Å². The number of H-pyrrole nitrogens is 1. The molecule has 1 aromatic carbocycles. The number of benzene rings is 1. The van der Waals surface area contributed by atoms with Gasteiger partial charge >= 0.3 is 0 Å². The smallest absolute Gasteiger partial charge is 0.233 e. The molecule has 0 saturated heterocycles. The highest BCUT2D eigenvalue weighted by molar-refractivity contribution is 8.01. The van der Waals surface area contributed by atoms with Gasteiger partial charge in [-0.05, 0) is 12.1 Å². The number of nitrogens with one attached hydrogen (secondary N) is 1. The fourth-order valence-corrected chi connectivity index (χ4v) is 3.85. The van der Waals surface area contributed by atoms with Gasteiger partial charge in [0.15, 0.2) is 4.34 Å². The Bertz CT molecular complexity index is 705. The number of amides is 1. The van der Waals surface area contributed by atoms with Crippen molar-refractivity contribution in [3.63, 3.8) is 0 Å². The first-order valence-corrected chi connectivity index (χ1v) is 8.23. The molecule has 2 heterocycles. The van der Waals surface area contributed by atoms with Crippen molar-refractivity contribution in [1.29, 1.82) is 0 Å².